The van der Waals surface area contributed by atoms with Crippen molar-refractivity contribution in [1.29, 1.82) is 0 Å². The van der Waals surface area contributed by atoms with E-state index in [4.69, 9.17) is 5.73 Å². The van der Waals surface area contributed by atoms with Gasteiger partial charge < -0.3 is 15.8 Å². The number of benzene rings is 1. The summed E-state index contributed by atoms with van der Waals surface area (Å²) in [5.74, 6) is -1.50. The van der Waals surface area contributed by atoms with Crippen molar-refractivity contribution in [3.8, 4) is 0 Å². The molecule has 0 bridgehead atoms. The van der Waals surface area contributed by atoms with E-state index in [2.05, 4.69) is 26.0 Å². The molecule has 16 heavy (non-hydrogen) atoms. The number of amides is 1. The van der Waals surface area contributed by atoms with Gasteiger partial charge in [-0.1, -0.05) is 22.0 Å². The van der Waals surface area contributed by atoms with Crippen LogP contribution in [0.2, 0.25) is 0 Å². The quantitative estimate of drug-likeness (QED) is 0.636. The van der Waals surface area contributed by atoms with Crippen molar-refractivity contribution in [3.05, 3.63) is 28.7 Å². The molecule has 0 radical (unpaired) electrons. The lowest BCUT2D eigenvalue weighted by atomic mass is 10.2. The Balaban J connectivity index is 2.84. The summed E-state index contributed by atoms with van der Waals surface area (Å²) < 4.78 is 5.29. The molecular weight excluding hydrogens is 276 g/mol. The van der Waals surface area contributed by atoms with Crippen LogP contribution in [0.5, 0.6) is 0 Å². The number of esters is 1. The van der Waals surface area contributed by atoms with Crippen molar-refractivity contribution in [1.82, 2.24) is 0 Å². The molecule has 1 aromatic rings. The number of rotatable bonds is 4. The molecule has 1 unspecified atom stereocenters. The van der Waals surface area contributed by atoms with E-state index in [0.717, 1.165) is 4.47 Å². The summed E-state index contributed by atoms with van der Waals surface area (Å²) in [6.07, 6.45) is 0. The van der Waals surface area contributed by atoms with Crippen molar-refractivity contribution in [3.63, 3.8) is 0 Å². The fourth-order valence-electron chi connectivity index (χ4n) is 1.11. The molecule has 5 nitrogen and oxygen atoms in total. The highest BCUT2D eigenvalue weighted by Gasteiger charge is 2.24. The summed E-state index contributed by atoms with van der Waals surface area (Å²) in [6.45, 7) is 0. The molecule has 0 heterocycles. The standard InChI is InChI=1S/C10H11BrN2O3/c1-16-10(15)8(9(12)14)13-7-4-2-3-6(11)5-7/h2-5,8,13H,1H3,(H2,12,14). The molecule has 0 aliphatic heterocycles. The maximum Gasteiger partial charge on any atom is 0.338 e. The van der Waals surface area contributed by atoms with E-state index in [-0.39, 0.29) is 0 Å². The Morgan fingerprint density at radius 2 is 2.19 bits per heavy atom. The third-order valence-electron chi connectivity index (χ3n) is 1.86. The summed E-state index contributed by atoms with van der Waals surface area (Å²) in [5, 5.41) is 2.69. The molecule has 1 rings (SSSR count). The Labute approximate surface area is 101 Å². The zero-order valence-electron chi connectivity index (χ0n) is 8.57. The topological polar surface area (TPSA) is 81.4 Å². The van der Waals surface area contributed by atoms with Gasteiger partial charge in [-0.3, -0.25) is 4.79 Å². The first-order valence-corrected chi connectivity index (χ1v) is 5.23. The van der Waals surface area contributed by atoms with Gasteiger partial charge in [0.05, 0.1) is 7.11 Å². The predicted octanol–water partition coefficient (Wildman–Crippen LogP) is 0.888. The largest absolute Gasteiger partial charge is 0.467 e. The number of halogens is 1. The highest BCUT2D eigenvalue weighted by Crippen LogP contribution is 2.16. The summed E-state index contributed by atoms with van der Waals surface area (Å²) in [4.78, 5) is 22.3. The molecule has 0 saturated carbocycles. The van der Waals surface area contributed by atoms with Gasteiger partial charge in [-0.2, -0.15) is 0 Å². The number of hydrogen-bond acceptors (Lipinski definition) is 4. The van der Waals surface area contributed by atoms with Gasteiger partial charge in [0, 0.05) is 10.2 Å². The molecule has 0 aliphatic carbocycles. The van der Waals surface area contributed by atoms with Crippen LogP contribution in [-0.2, 0) is 14.3 Å². The number of nitrogens with one attached hydrogen (secondary N) is 1. The van der Waals surface area contributed by atoms with Crippen LogP contribution in [0.15, 0.2) is 28.7 Å². The van der Waals surface area contributed by atoms with Crippen LogP contribution in [0, 0.1) is 0 Å². The minimum absolute atomic E-state index is 0.601. The van der Waals surface area contributed by atoms with Crippen molar-refractivity contribution in [2.75, 3.05) is 12.4 Å². The third-order valence-corrected chi connectivity index (χ3v) is 2.35. The van der Waals surface area contributed by atoms with Gasteiger partial charge >= 0.3 is 5.97 Å². The number of carbonyl (C=O) groups excluding carboxylic acids is 2. The average molecular weight is 287 g/mol. The second kappa shape index (κ2) is 5.50. The van der Waals surface area contributed by atoms with Gasteiger partial charge in [0.15, 0.2) is 0 Å². The number of primary amides is 1. The molecule has 1 atom stereocenters. The van der Waals surface area contributed by atoms with Crippen molar-refractivity contribution in [2.24, 2.45) is 5.73 Å². The molecule has 1 aromatic carbocycles. The van der Waals surface area contributed by atoms with Gasteiger partial charge in [0.1, 0.15) is 0 Å². The number of anilines is 1. The normalized spacial score (nSPS) is 11.6. The molecule has 1 amide bonds. The van der Waals surface area contributed by atoms with Crippen LogP contribution in [0.4, 0.5) is 5.69 Å². The lowest BCUT2D eigenvalue weighted by Crippen LogP contribution is -2.42. The Hall–Kier alpha value is -1.56. The van der Waals surface area contributed by atoms with Crippen molar-refractivity contribution < 1.29 is 14.3 Å². The lowest BCUT2D eigenvalue weighted by molar-refractivity contribution is -0.144. The Kier molecular flexibility index (Phi) is 4.30. The number of hydrogen-bond donors (Lipinski definition) is 2. The van der Waals surface area contributed by atoms with E-state index >= 15 is 0 Å². The second-order valence-electron chi connectivity index (χ2n) is 3.01. The number of methoxy groups -OCH3 is 1. The highest BCUT2D eigenvalue weighted by atomic mass is 79.9. The number of nitrogens with two attached hydrogens (primary N) is 1. The smallest absolute Gasteiger partial charge is 0.338 e. The average Bonchev–Trinajstić information content (AvgIpc) is 2.24. The van der Waals surface area contributed by atoms with E-state index in [1.165, 1.54) is 7.11 Å². The summed E-state index contributed by atoms with van der Waals surface area (Å²) in [7, 11) is 1.20. The predicted molar refractivity (Wildman–Crippen MR) is 62.8 cm³/mol. The molecule has 86 valence electrons. The van der Waals surface area contributed by atoms with Crippen LogP contribution in [0.3, 0.4) is 0 Å². The number of carbonyl (C=O) groups is 2. The summed E-state index contributed by atoms with van der Waals surface area (Å²) in [6, 6.07) is 5.84. The van der Waals surface area contributed by atoms with Crippen LogP contribution in [-0.4, -0.2) is 25.0 Å². The third kappa shape index (κ3) is 3.23. The fourth-order valence-corrected chi connectivity index (χ4v) is 1.51. The molecule has 3 N–H and O–H groups in total. The molecule has 0 spiro atoms. The van der Waals surface area contributed by atoms with Crippen molar-refractivity contribution in [2.45, 2.75) is 6.04 Å². The van der Waals surface area contributed by atoms with Crippen LogP contribution < -0.4 is 11.1 Å². The first-order chi connectivity index (χ1) is 7.54. The Morgan fingerprint density at radius 1 is 1.50 bits per heavy atom. The molecule has 0 aliphatic rings. The monoisotopic (exact) mass is 286 g/mol. The Bertz CT molecular complexity index is 409. The van der Waals surface area contributed by atoms with E-state index in [0.29, 0.717) is 5.69 Å². The van der Waals surface area contributed by atoms with Crippen molar-refractivity contribution >= 4 is 33.5 Å². The summed E-state index contributed by atoms with van der Waals surface area (Å²) in [5.41, 5.74) is 5.69. The van der Waals surface area contributed by atoms with E-state index in [9.17, 15) is 9.59 Å². The SMILES string of the molecule is COC(=O)C(Nc1cccc(Br)c1)C(N)=O. The molecule has 6 heteroatoms. The highest BCUT2D eigenvalue weighted by molar-refractivity contribution is 9.10. The van der Waals surface area contributed by atoms with E-state index < -0.39 is 17.9 Å². The van der Waals surface area contributed by atoms with Gasteiger partial charge in [-0.15, -0.1) is 0 Å². The van der Waals surface area contributed by atoms with E-state index in [1.807, 2.05) is 6.07 Å². The van der Waals surface area contributed by atoms with E-state index in [1.54, 1.807) is 18.2 Å². The molecular formula is C10H11BrN2O3. The van der Waals surface area contributed by atoms with Gasteiger partial charge in [-0.05, 0) is 18.2 Å². The van der Waals surface area contributed by atoms with Gasteiger partial charge in [0.2, 0.25) is 6.04 Å². The number of ether oxygens (including phenoxy) is 1. The second-order valence-corrected chi connectivity index (χ2v) is 3.93. The first kappa shape index (κ1) is 12.5. The lowest BCUT2D eigenvalue weighted by Gasteiger charge is -2.14. The maximum atomic E-state index is 11.2. The molecule has 0 saturated heterocycles. The fraction of sp³-hybridized carbons (Fsp3) is 0.200. The zero-order valence-corrected chi connectivity index (χ0v) is 10.2. The molecule has 0 aromatic heterocycles. The van der Waals surface area contributed by atoms with Gasteiger partial charge in [-0.25, -0.2) is 4.79 Å². The minimum atomic E-state index is -1.18. The van der Waals surface area contributed by atoms with Gasteiger partial charge in [0.25, 0.3) is 5.91 Å². The zero-order chi connectivity index (χ0) is 12.1. The van der Waals surface area contributed by atoms with Crippen LogP contribution >= 0.6 is 15.9 Å². The van der Waals surface area contributed by atoms with Crippen LogP contribution in [0.1, 0.15) is 0 Å². The molecule has 0 fully saturated rings. The maximum absolute atomic E-state index is 11.2. The minimum Gasteiger partial charge on any atom is -0.467 e. The first-order valence-electron chi connectivity index (χ1n) is 4.44. The Morgan fingerprint density at radius 3 is 2.69 bits per heavy atom. The summed E-state index contributed by atoms with van der Waals surface area (Å²) >= 11 is 3.27. The van der Waals surface area contributed by atoms with Crippen LogP contribution in [0.25, 0.3) is 0 Å².